The first kappa shape index (κ1) is 101. The quantitative estimate of drug-likeness (QED) is 0.0177. The minimum Gasteiger partial charge on any atom is -0.438 e. The third-order valence-electron chi connectivity index (χ3n) is 16.9. The molecule has 2 fully saturated rings. The van der Waals surface area contributed by atoms with Gasteiger partial charge in [0.05, 0.1) is 32.5 Å². The molecule has 36 nitrogen and oxygen atoms in total. The first-order valence-electron chi connectivity index (χ1n) is 35.3. The summed E-state index contributed by atoms with van der Waals surface area (Å²) in [7, 11) is -15.2. The number of aromatic nitrogens is 4. The van der Waals surface area contributed by atoms with Crippen molar-refractivity contribution in [1.29, 1.82) is 0 Å². The van der Waals surface area contributed by atoms with Crippen LogP contribution in [0.1, 0.15) is 179 Å². The standard InChI is InChI=1S/C29H49N2O12PSi.C25H46O14P2.C16H26N2O6Si/c1-27(2,3)24(33)38-17-40-44(36,41-18-39-25(34)28(4,5)6)16-14-19-21(43-45(11,12)29(7,8)9)22(37-10)23(42-19)31-15-13-20(32)30-26(31)35;1-22(2,3)18(26)32-13-36-40(30,37-14-33-19(27)23(4,5)6)17-41(31,38-15-34-20(28)24(7,8)9)39-16-35-21(29)25(10,11)12;1-16(2,3)25(5,6)24-12-10(9-19)23-14(13(12)22-4)18-8-7-11(20)17-15(18)21/h13-16,19,21-23H,17-18H2,1-12H3,(H,30,32,35);13-17H2,1-12H3;7-10,12-14H,1-6H3,(H,17,20,21)/b16-14+;;/t19-,21+,22?,23-;;10-,12+,13?,14-/m1.1/s1. The van der Waals surface area contributed by atoms with Crippen molar-refractivity contribution in [2.45, 2.75) is 252 Å². The predicted molar refractivity (Wildman–Crippen MR) is 408 cm³/mol. The summed E-state index contributed by atoms with van der Waals surface area (Å²) in [5.74, 6) is -4.05. The number of methoxy groups -OCH3 is 2. The van der Waals surface area contributed by atoms with Crippen LogP contribution in [-0.2, 0) is 131 Å². The Morgan fingerprint density at radius 3 is 0.910 bits per heavy atom. The van der Waals surface area contributed by atoms with Crippen LogP contribution in [-0.4, -0.2) is 175 Å². The molecule has 111 heavy (non-hydrogen) atoms. The summed E-state index contributed by atoms with van der Waals surface area (Å²) in [5, 5.41) is -0.284. The fourth-order valence-corrected chi connectivity index (χ4v) is 15.7. The van der Waals surface area contributed by atoms with Crippen molar-refractivity contribution in [2.75, 3.05) is 60.9 Å². The Labute approximate surface area is 651 Å². The molecule has 8 atom stereocenters. The van der Waals surface area contributed by atoms with Gasteiger partial charge in [-0.25, -0.2) is 9.59 Å². The summed E-state index contributed by atoms with van der Waals surface area (Å²) in [6, 6.07) is 2.40. The molecule has 0 bridgehead atoms. The van der Waals surface area contributed by atoms with E-state index in [1.54, 1.807) is 125 Å². The molecule has 0 radical (unpaired) electrons. The molecule has 2 saturated heterocycles. The maximum absolute atomic E-state index is 13.8. The molecule has 2 N–H and O–H groups in total. The second-order valence-electron chi connectivity index (χ2n) is 35.1. The van der Waals surface area contributed by atoms with E-state index in [0.717, 1.165) is 5.82 Å². The summed E-state index contributed by atoms with van der Waals surface area (Å²) < 4.78 is 141. The van der Waals surface area contributed by atoms with Crippen LogP contribution in [0.25, 0.3) is 0 Å². The van der Waals surface area contributed by atoms with Gasteiger partial charge in [0.1, 0.15) is 36.6 Å². The van der Waals surface area contributed by atoms with Crippen LogP contribution in [0, 0.1) is 32.5 Å². The number of H-pyrrole nitrogens is 2. The van der Waals surface area contributed by atoms with E-state index in [9.17, 15) is 66.4 Å². The molecule has 0 aromatic carbocycles. The van der Waals surface area contributed by atoms with E-state index in [1.807, 2.05) is 13.1 Å². The molecule has 0 aliphatic carbocycles. The lowest BCUT2D eigenvalue weighted by Gasteiger charge is -2.40. The molecule has 0 saturated carbocycles. The highest BCUT2D eigenvalue weighted by molar-refractivity contribution is 7.71. The normalized spacial score (nSPS) is 19.9. The van der Waals surface area contributed by atoms with Gasteiger partial charge in [0.25, 0.3) is 11.1 Å². The number of aromatic amines is 2. The monoisotopic (exact) mass is 1680 g/mol. The summed E-state index contributed by atoms with van der Waals surface area (Å²) in [6.07, 6.45) is -1.97. The molecule has 41 heteroatoms. The number of ether oxygens (including phenoxy) is 10. The van der Waals surface area contributed by atoms with Gasteiger partial charge in [-0.15, -0.1) is 0 Å². The Morgan fingerprint density at radius 2 is 0.676 bits per heavy atom. The molecule has 2 aromatic heterocycles. The number of rotatable bonds is 31. The van der Waals surface area contributed by atoms with Gasteiger partial charge < -0.3 is 61.0 Å². The van der Waals surface area contributed by atoms with E-state index < -0.39 is 226 Å². The van der Waals surface area contributed by atoms with Gasteiger partial charge in [0.15, 0.2) is 41.3 Å². The lowest BCUT2D eigenvalue weighted by Crippen LogP contribution is -2.50. The van der Waals surface area contributed by atoms with Crippen LogP contribution < -0.4 is 22.5 Å². The first-order chi connectivity index (χ1) is 50.1. The molecular formula is C70H121N4O32P3Si2. The zero-order valence-electron chi connectivity index (χ0n) is 69.9. The fourth-order valence-electron chi connectivity index (χ4n) is 8.11. The van der Waals surface area contributed by atoms with E-state index in [-0.39, 0.29) is 10.1 Å². The van der Waals surface area contributed by atoms with Gasteiger partial charge in [0, 0.05) is 44.6 Å². The maximum atomic E-state index is 13.8. The molecule has 4 rings (SSSR count). The zero-order chi connectivity index (χ0) is 86.1. The molecule has 2 aliphatic rings. The number of aldehydes is 1. The summed E-state index contributed by atoms with van der Waals surface area (Å²) >= 11 is 0. The molecule has 0 amide bonds. The van der Waals surface area contributed by atoms with Gasteiger partial charge in [-0.1, -0.05) is 41.5 Å². The summed E-state index contributed by atoms with van der Waals surface area (Å²) in [6.45, 7) is 44.4. The van der Waals surface area contributed by atoms with Gasteiger partial charge in [-0.2, -0.15) is 0 Å². The molecule has 4 heterocycles. The van der Waals surface area contributed by atoms with Crippen LogP contribution in [0.4, 0.5) is 0 Å². The number of hydrogen-bond donors (Lipinski definition) is 2. The number of carbonyl (C=O) groups excluding carboxylic acids is 7. The largest absolute Gasteiger partial charge is 0.438 e. The SMILES string of the molecule is CC(C)(C)C(=O)OCOP(=O)(CP(=O)(OCOC(=O)C(C)(C)C)OCOC(=O)C(C)(C)C)OCOC(=O)C(C)(C)C.COC1[C@@H](O[Si](C)(C)C(C)(C)C)[C@@H](/C=C/P(=O)(OCOC(=O)C(C)(C)C)OCOC(=O)C(C)(C)C)O[C@H]1n1ccc(=O)[nH]c1=O.COC1[C@@H](O[Si](C)(C)C(C)(C)C)[C@@H](C=O)O[C@H]1n1ccc(=O)[nH]c1=O. The number of esters is 6. The molecule has 2 aromatic rings. The topological polar surface area (TPSA) is 447 Å². The number of carbonyl (C=O) groups is 7. The second kappa shape index (κ2) is 40.2. The smallest absolute Gasteiger partial charge is 0.359 e. The highest BCUT2D eigenvalue weighted by Crippen LogP contribution is 2.64. The lowest BCUT2D eigenvalue weighted by molar-refractivity contribution is -0.163. The summed E-state index contributed by atoms with van der Waals surface area (Å²) in [4.78, 5) is 137. The third-order valence-corrected chi connectivity index (χ3v) is 32.1. The van der Waals surface area contributed by atoms with E-state index >= 15 is 0 Å². The average molecular weight is 1680 g/mol. The Bertz CT molecular complexity index is 3720. The summed E-state index contributed by atoms with van der Waals surface area (Å²) in [5.41, 5.74) is -7.82. The van der Waals surface area contributed by atoms with Crippen molar-refractivity contribution in [2.24, 2.45) is 32.5 Å². The van der Waals surface area contributed by atoms with E-state index in [4.69, 9.17) is 83.4 Å². The van der Waals surface area contributed by atoms with Gasteiger partial charge >= 0.3 is 70.0 Å². The van der Waals surface area contributed by atoms with Crippen LogP contribution in [0.5, 0.6) is 0 Å². The fraction of sp³-hybridized carbons (Fsp3) is 0.757. The molecule has 0 spiro atoms. The van der Waals surface area contributed by atoms with Gasteiger partial charge in [-0.05, 0) is 167 Å². The highest BCUT2D eigenvalue weighted by Gasteiger charge is 2.53. The van der Waals surface area contributed by atoms with Crippen LogP contribution in [0.15, 0.2) is 55.6 Å². The minimum absolute atomic E-state index is 0.0639. The van der Waals surface area contributed by atoms with Gasteiger partial charge in [0.2, 0.25) is 40.8 Å². The maximum Gasteiger partial charge on any atom is 0.359 e. The molecular weight excluding hydrogens is 1560 g/mol. The number of nitrogens with zero attached hydrogens (tertiary/aromatic N) is 2. The first-order valence-corrected chi connectivity index (χ1v) is 46.2. The Kier molecular flexibility index (Phi) is 36.7. The third kappa shape index (κ3) is 32.1. The Hall–Kier alpha value is -5.77. The highest BCUT2D eigenvalue weighted by atomic mass is 31.2. The van der Waals surface area contributed by atoms with Gasteiger partial charge in [-0.3, -0.25) is 98.3 Å². The Balaban J connectivity index is 0.000000586. The van der Waals surface area contributed by atoms with Crippen molar-refractivity contribution >= 4 is 81.5 Å². The number of nitrogens with one attached hydrogen (secondary N) is 2. The zero-order valence-corrected chi connectivity index (χ0v) is 74.6. The van der Waals surface area contributed by atoms with Crippen molar-refractivity contribution in [3.63, 3.8) is 0 Å². The average Bonchev–Trinajstić information content (AvgIpc) is 1.64. The molecule has 636 valence electrons. The van der Waals surface area contributed by atoms with E-state index in [2.05, 4.69) is 64.6 Å². The minimum atomic E-state index is -4.60. The van der Waals surface area contributed by atoms with Crippen molar-refractivity contribution in [3.8, 4) is 0 Å². The molecule has 2 unspecified atom stereocenters. The predicted octanol–water partition coefficient (Wildman–Crippen LogP) is 11.3. The van der Waals surface area contributed by atoms with Crippen molar-refractivity contribution < 1.29 is 131 Å². The lowest BCUT2D eigenvalue weighted by atomic mass is 9.98. The van der Waals surface area contributed by atoms with Crippen LogP contribution in [0.3, 0.4) is 0 Å². The second-order valence-corrected chi connectivity index (χ2v) is 51.1. The van der Waals surface area contributed by atoms with Crippen LogP contribution >= 0.6 is 22.8 Å². The number of hydrogen-bond acceptors (Lipinski definition) is 32. The Morgan fingerprint density at radius 1 is 0.423 bits per heavy atom. The van der Waals surface area contributed by atoms with Crippen LogP contribution in [0.2, 0.25) is 36.3 Å². The van der Waals surface area contributed by atoms with Crippen molar-refractivity contribution in [1.82, 2.24) is 19.1 Å². The van der Waals surface area contributed by atoms with Crippen molar-refractivity contribution in [3.05, 3.63) is 78.1 Å². The van der Waals surface area contributed by atoms with E-state index in [1.165, 1.54) is 54.0 Å². The van der Waals surface area contributed by atoms with E-state index in [0.29, 0.717) is 6.29 Å². The molecule has 2 aliphatic heterocycles.